The van der Waals surface area contributed by atoms with Gasteiger partial charge >= 0.3 is 6.18 Å². The van der Waals surface area contributed by atoms with Crippen molar-refractivity contribution in [1.82, 2.24) is 10.3 Å². The first kappa shape index (κ1) is 15.5. The van der Waals surface area contributed by atoms with Gasteiger partial charge < -0.3 is 5.32 Å². The second kappa shape index (κ2) is 6.72. The van der Waals surface area contributed by atoms with Crippen LogP contribution in [0.5, 0.6) is 0 Å². The maximum absolute atomic E-state index is 12.6. The summed E-state index contributed by atoms with van der Waals surface area (Å²) in [5.74, 6) is 0. The first-order valence-corrected chi connectivity index (χ1v) is 7.76. The topological polar surface area (TPSA) is 24.9 Å². The van der Waals surface area contributed by atoms with E-state index in [0.29, 0.717) is 4.88 Å². The summed E-state index contributed by atoms with van der Waals surface area (Å²) in [5.41, 5.74) is 1.35. The Morgan fingerprint density at radius 1 is 1.40 bits per heavy atom. The molecular weight excluding hydrogens is 285 g/mol. The Balaban J connectivity index is 2.11. The van der Waals surface area contributed by atoms with Gasteiger partial charge in [-0.1, -0.05) is 18.6 Å². The van der Waals surface area contributed by atoms with Gasteiger partial charge in [0.25, 0.3) is 0 Å². The highest BCUT2D eigenvalue weighted by Gasteiger charge is 2.35. The van der Waals surface area contributed by atoms with Crippen LogP contribution in [0.1, 0.15) is 55.0 Å². The van der Waals surface area contributed by atoms with Gasteiger partial charge in [-0.05, 0) is 38.6 Å². The molecule has 1 aliphatic carbocycles. The highest BCUT2D eigenvalue weighted by molar-refractivity contribution is 7.11. The molecule has 1 aromatic heterocycles. The second-order valence-electron chi connectivity index (χ2n) is 4.99. The van der Waals surface area contributed by atoms with E-state index >= 15 is 0 Å². The molecule has 0 radical (unpaired) electrons. The number of nitrogens with zero attached hydrogens (tertiary/aromatic N) is 1. The molecule has 0 saturated carbocycles. The molecule has 1 N–H and O–H groups in total. The number of aromatic nitrogens is 1. The zero-order valence-electron chi connectivity index (χ0n) is 11.5. The summed E-state index contributed by atoms with van der Waals surface area (Å²) in [5, 5.41) is 2.52. The molecule has 112 valence electrons. The lowest BCUT2D eigenvalue weighted by atomic mass is 9.94. The number of nitrogens with one attached hydrogen (secondary N) is 1. The Morgan fingerprint density at radius 2 is 2.20 bits per heavy atom. The molecule has 6 heteroatoms. The Bertz CT molecular complexity index is 465. The first-order chi connectivity index (χ1) is 9.50. The van der Waals surface area contributed by atoms with Crippen molar-refractivity contribution in [1.29, 1.82) is 0 Å². The van der Waals surface area contributed by atoms with Crippen molar-refractivity contribution in [3.63, 3.8) is 0 Å². The normalized spacial score (nSPS) is 17.9. The predicted octanol–water partition coefficient (Wildman–Crippen LogP) is 4.70. The molecule has 0 bridgehead atoms. The fourth-order valence-electron chi connectivity index (χ4n) is 2.45. The molecule has 20 heavy (non-hydrogen) atoms. The molecule has 0 spiro atoms. The number of rotatable bonds is 5. The third kappa shape index (κ3) is 4.06. The third-order valence-corrected chi connectivity index (χ3v) is 4.57. The molecule has 1 aliphatic rings. The van der Waals surface area contributed by atoms with Crippen LogP contribution in [0.25, 0.3) is 0 Å². The van der Waals surface area contributed by atoms with Crippen molar-refractivity contribution in [3.05, 3.63) is 27.7 Å². The van der Waals surface area contributed by atoms with Crippen molar-refractivity contribution < 1.29 is 13.2 Å². The predicted molar refractivity (Wildman–Crippen MR) is 74.7 cm³/mol. The zero-order chi connectivity index (χ0) is 14.6. The number of halogens is 3. The molecule has 0 saturated heterocycles. The van der Waals surface area contributed by atoms with Gasteiger partial charge in [0.2, 0.25) is 0 Å². The van der Waals surface area contributed by atoms with E-state index in [2.05, 4.69) is 16.4 Å². The molecule has 0 fully saturated rings. The largest absolute Gasteiger partial charge is 0.443 e. The molecule has 2 rings (SSSR count). The summed E-state index contributed by atoms with van der Waals surface area (Å²) in [6.07, 6.45) is 4.59. The molecule has 1 atom stereocenters. The van der Waals surface area contributed by atoms with Gasteiger partial charge in [-0.2, -0.15) is 13.2 Å². The van der Waals surface area contributed by atoms with Gasteiger partial charge in [0, 0.05) is 17.1 Å². The zero-order valence-corrected chi connectivity index (χ0v) is 12.3. The molecule has 1 heterocycles. The molecule has 0 aromatic carbocycles. The van der Waals surface area contributed by atoms with Crippen LogP contribution in [0.4, 0.5) is 13.2 Å². The summed E-state index contributed by atoms with van der Waals surface area (Å²) < 4.78 is 37.9. The molecule has 0 amide bonds. The third-order valence-electron chi connectivity index (χ3n) is 3.41. The van der Waals surface area contributed by atoms with Crippen molar-refractivity contribution in [3.8, 4) is 0 Å². The Labute approximate surface area is 121 Å². The highest BCUT2D eigenvalue weighted by Crippen LogP contribution is 2.36. The molecule has 0 aliphatic heterocycles. The smallest absolute Gasteiger partial charge is 0.309 e. The lowest BCUT2D eigenvalue weighted by molar-refractivity contribution is -0.137. The van der Waals surface area contributed by atoms with E-state index in [1.807, 2.05) is 6.92 Å². The van der Waals surface area contributed by atoms with Gasteiger partial charge in [0.15, 0.2) is 5.01 Å². The highest BCUT2D eigenvalue weighted by atomic mass is 32.1. The second-order valence-corrected chi connectivity index (χ2v) is 6.05. The van der Waals surface area contributed by atoms with Crippen LogP contribution >= 0.6 is 11.3 Å². The van der Waals surface area contributed by atoms with E-state index in [9.17, 15) is 13.2 Å². The average Bonchev–Trinajstić information content (AvgIpc) is 2.89. The van der Waals surface area contributed by atoms with Crippen LogP contribution in [0, 0.1) is 0 Å². The standard InChI is InChI=1S/C14H19F3N2S/c1-2-18-11(8-10-6-4-3-5-7-10)12-9-19-13(20-12)14(15,16)17/h6,9,11,18H,2-5,7-8H2,1H3. The summed E-state index contributed by atoms with van der Waals surface area (Å²) >= 11 is 0.751. The van der Waals surface area contributed by atoms with Gasteiger partial charge in [-0.3, -0.25) is 0 Å². The minimum absolute atomic E-state index is 0.0575. The summed E-state index contributed by atoms with van der Waals surface area (Å²) in [6, 6.07) is -0.0575. The van der Waals surface area contributed by atoms with Crippen LogP contribution in [0.3, 0.4) is 0 Å². The lowest BCUT2D eigenvalue weighted by Crippen LogP contribution is -2.20. The minimum Gasteiger partial charge on any atom is -0.309 e. The van der Waals surface area contributed by atoms with Gasteiger partial charge in [0.05, 0.1) is 0 Å². The van der Waals surface area contributed by atoms with Crippen molar-refractivity contribution >= 4 is 11.3 Å². The van der Waals surface area contributed by atoms with Crippen molar-refractivity contribution in [2.75, 3.05) is 6.54 Å². The van der Waals surface area contributed by atoms with Crippen LogP contribution in [0.15, 0.2) is 17.8 Å². The number of thiazole rings is 1. The number of alkyl halides is 3. The summed E-state index contributed by atoms with van der Waals surface area (Å²) in [4.78, 5) is 4.19. The molecule has 2 nitrogen and oxygen atoms in total. The maximum Gasteiger partial charge on any atom is 0.443 e. The minimum atomic E-state index is -4.34. The average molecular weight is 304 g/mol. The van der Waals surface area contributed by atoms with Crippen molar-refractivity contribution in [2.24, 2.45) is 0 Å². The fourth-order valence-corrected chi connectivity index (χ4v) is 3.31. The van der Waals surface area contributed by atoms with Gasteiger partial charge in [0.1, 0.15) is 0 Å². The molecule has 1 unspecified atom stereocenters. The lowest BCUT2D eigenvalue weighted by Gasteiger charge is -2.20. The maximum atomic E-state index is 12.6. The van der Waals surface area contributed by atoms with Gasteiger partial charge in [-0.25, -0.2) is 4.98 Å². The number of allylic oxidation sites excluding steroid dienone is 1. The monoisotopic (exact) mass is 304 g/mol. The number of hydrogen-bond acceptors (Lipinski definition) is 3. The first-order valence-electron chi connectivity index (χ1n) is 6.95. The Morgan fingerprint density at radius 3 is 2.75 bits per heavy atom. The van der Waals surface area contributed by atoms with E-state index in [0.717, 1.165) is 37.1 Å². The number of hydrogen-bond donors (Lipinski definition) is 1. The SMILES string of the molecule is CCNC(CC1=CCCCC1)c1cnc(C(F)(F)F)s1. The quantitative estimate of drug-likeness (QED) is 0.797. The van der Waals surface area contributed by atoms with E-state index in [-0.39, 0.29) is 6.04 Å². The Kier molecular flexibility index (Phi) is 5.21. The summed E-state index contributed by atoms with van der Waals surface area (Å²) in [7, 11) is 0. The van der Waals surface area contributed by atoms with Crippen LogP contribution in [-0.4, -0.2) is 11.5 Å². The van der Waals surface area contributed by atoms with Crippen molar-refractivity contribution in [2.45, 2.75) is 51.2 Å². The molecule has 1 aromatic rings. The summed E-state index contributed by atoms with van der Waals surface area (Å²) in [6.45, 7) is 2.70. The van der Waals surface area contributed by atoms with Crippen LogP contribution in [-0.2, 0) is 6.18 Å². The van der Waals surface area contributed by atoms with E-state index < -0.39 is 11.2 Å². The van der Waals surface area contributed by atoms with Crippen LogP contribution < -0.4 is 5.32 Å². The molecular formula is C14H19F3N2S. The fraction of sp³-hybridized carbons (Fsp3) is 0.643. The van der Waals surface area contributed by atoms with Gasteiger partial charge in [-0.15, -0.1) is 11.3 Å². The Hall–Kier alpha value is -0.880. The van der Waals surface area contributed by atoms with E-state index in [1.54, 1.807) is 0 Å². The van der Waals surface area contributed by atoms with E-state index in [1.165, 1.54) is 24.6 Å². The van der Waals surface area contributed by atoms with Crippen LogP contribution in [0.2, 0.25) is 0 Å². The van der Waals surface area contributed by atoms with E-state index in [4.69, 9.17) is 0 Å².